The summed E-state index contributed by atoms with van der Waals surface area (Å²) < 4.78 is 20.5. The second-order valence-electron chi connectivity index (χ2n) is 18.3. The molecule has 0 radical (unpaired) electrons. The van der Waals surface area contributed by atoms with E-state index in [0.29, 0.717) is 0 Å². The highest BCUT2D eigenvalue weighted by molar-refractivity contribution is 6.15. The summed E-state index contributed by atoms with van der Waals surface area (Å²) in [6, 6.07) is 84.3. The van der Waals surface area contributed by atoms with Crippen LogP contribution in [0.25, 0.3) is 127 Å². The average Bonchev–Trinajstić information content (AvgIpc) is 4.18. The zero-order valence-electron chi connectivity index (χ0n) is 38.2. The third-order valence-electron chi connectivity index (χ3n) is 14.3. The summed E-state index contributed by atoms with van der Waals surface area (Å²) >= 11 is 0. The molecular formula is C65H40N4O2. The Labute approximate surface area is 407 Å². The van der Waals surface area contributed by atoms with Gasteiger partial charge in [0.25, 0.3) is 0 Å². The molecule has 0 saturated heterocycles. The van der Waals surface area contributed by atoms with Crippen LogP contribution in [0.1, 0.15) is 0 Å². The molecule has 0 aliphatic rings. The van der Waals surface area contributed by atoms with E-state index >= 15 is 0 Å². The Morgan fingerprint density at radius 1 is 0.310 bits per heavy atom. The van der Waals surface area contributed by atoms with Crippen molar-refractivity contribution in [3.63, 3.8) is 0 Å². The van der Waals surface area contributed by atoms with Gasteiger partial charge in [-0.2, -0.15) is 0 Å². The standard InChI is InChI=1S/C65H40N4O2/c1-2-17-45(18-3-1)67-53-24-7-4-21-48(53)51-39-43(32-34-56(51)67)41-15-10-19-46(37-41)68-54-25-8-5-22-49(54)63-57(68)27-12-29-60(63)71-61-30-13-28-58-64(61)50-23-6-9-26-55(50)69(58)47-20-11-16-42(38-47)44-33-35-59-52(40-44)65-62(70-59)31-14-36-66-65/h1-40H. The Morgan fingerprint density at radius 3 is 1.44 bits per heavy atom. The SMILES string of the molecule is c1ccc(-n2c3ccccc3c3cc(-c4cccc(-n5c6ccccc6c6c(Oc7cccc8c7c7ccccc7n8-c7cccc(-c8ccc9oc%10cccnc%10c9c8)c7)cccc65)c4)ccc32)cc1. The number of fused-ring (bicyclic) bond motifs is 12. The van der Waals surface area contributed by atoms with Gasteiger partial charge in [-0.3, -0.25) is 4.98 Å². The molecule has 0 aliphatic heterocycles. The van der Waals surface area contributed by atoms with Crippen LogP contribution in [-0.4, -0.2) is 18.7 Å². The highest BCUT2D eigenvalue weighted by Crippen LogP contribution is 2.45. The molecule has 0 bridgehead atoms. The number of furan rings is 1. The Morgan fingerprint density at radius 2 is 0.789 bits per heavy atom. The van der Waals surface area contributed by atoms with Gasteiger partial charge in [0.1, 0.15) is 22.6 Å². The van der Waals surface area contributed by atoms with Crippen molar-refractivity contribution >= 4 is 87.5 Å². The molecule has 71 heavy (non-hydrogen) atoms. The van der Waals surface area contributed by atoms with E-state index in [2.05, 4.69) is 237 Å². The number of ether oxygens (including phenoxy) is 1. The van der Waals surface area contributed by atoms with Crippen LogP contribution in [0, 0.1) is 0 Å². The molecule has 6 nitrogen and oxygen atoms in total. The highest BCUT2D eigenvalue weighted by atomic mass is 16.5. The van der Waals surface area contributed by atoms with Crippen LogP contribution < -0.4 is 4.74 Å². The van der Waals surface area contributed by atoms with E-state index < -0.39 is 0 Å². The Balaban J connectivity index is 0.838. The summed E-state index contributed by atoms with van der Waals surface area (Å²) in [6.07, 6.45) is 1.82. The number of hydrogen-bond donors (Lipinski definition) is 0. The molecule has 6 heteroatoms. The first-order chi connectivity index (χ1) is 35.2. The van der Waals surface area contributed by atoms with Gasteiger partial charge in [-0.1, -0.05) is 121 Å². The van der Waals surface area contributed by atoms with E-state index in [1.54, 1.807) is 0 Å². The van der Waals surface area contributed by atoms with Gasteiger partial charge in [0.2, 0.25) is 0 Å². The largest absolute Gasteiger partial charge is 0.456 e. The van der Waals surface area contributed by atoms with Gasteiger partial charge in [0, 0.05) is 50.2 Å². The van der Waals surface area contributed by atoms with Gasteiger partial charge in [0.05, 0.1) is 43.9 Å². The number of rotatable bonds is 7. The molecule has 5 heterocycles. The maximum absolute atomic E-state index is 7.24. The van der Waals surface area contributed by atoms with Crippen molar-refractivity contribution in [1.29, 1.82) is 0 Å². The fourth-order valence-electron chi connectivity index (χ4n) is 11.3. The minimum atomic E-state index is 0.790. The van der Waals surface area contributed by atoms with Crippen LogP contribution in [0.3, 0.4) is 0 Å². The topological polar surface area (TPSA) is 50.0 Å². The van der Waals surface area contributed by atoms with E-state index in [0.717, 1.165) is 111 Å². The van der Waals surface area contributed by atoms with Gasteiger partial charge < -0.3 is 22.9 Å². The molecule has 0 atom stereocenters. The lowest BCUT2D eigenvalue weighted by Gasteiger charge is -2.13. The van der Waals surface area contributed by atoms with E-state index in [4.69, 9.17) is 9.15 Å². The van der Waals surface area contributed by atoms with E-state index in [-0.39, 0.29) is 0 Å². The van der Waals surface area contributed by atoms with Crippen LogP contribution >= 0.6 is 0 Å². The zero-order chi connectivity index (χ0) is 46.6. The van der Waals surface area contributed by atoms with Crippen LogP contribution in [0.2, 0.25) is 0 Å². The molecule has 15 rings (SSSR count). The van der Waals surface area contributed by atoms with Crippen molar-refractivity contribution < 1.29 is 9.15 Å². The van der Waals surface area contributed by atoms with Crippen molar-refractivity contribution in [3.8, 4) is 50.8 Å². The fourth-order valence-corrected chi connectivity index (χ4v) is 11.3. The number of aromatic nitrogens is 4. The lowest BCUT2D eigenvalue weighted by molar-refractivity contribution is 0.495. The summed E-state index contributed by atoms with van der Waals surface area (Å²) in [4.78, 5) is 4.64. The lowest BCUT2D eigenvalue weighted by atomic mass is 10.0. The molecule has 0 spiro atoms. The van der Waals surface area contributed by atoms with Crippen molar-refractivity contribution in [2.24, 2.45) is 0 Å². The van der Waals surface area contributed by atoms with Crippen molar-refractivity contribution in [2.75, 3.05) is 0 Å². The van der Waals surface area contributed by atoms with Gasteiger partial charge in [-0.25, -0.2) is 0 Å². The average molecular weight is 909 g/mol. The Hall–Kier alpha value is -9.65. The van der Waals surface area contributed by atoms with E-state index in [9.17, 15) is 0 Å². The first kappa shape index (κ1) is 39.4. The third kappa shape index (κ3) is 6.05. The van der Waals surface area contributed by atoms with Crippen molar-refractivity contribution in [2.45, 2.75) is 0 Å². The smallest absolute Gasteiger partial charge is 0.153 e. The minimum Gasteiger partial charge on any atom is -0.456 e. The Kier molecular flexibility index (Phi) is 8.56. The van der Waals surface area contributed by atoms with Gasteiger partial charge in [-0.15, -0.1) is 0 Å². The maximum Gasteiger partial charge on any atom is 0.153 e. The summed E-state index contributed by atoms with van der Waals surface area (Å²) in [5, 5.41) is 7.84. The first-order valence-electron chi connectivity index (χ1n) is 24.0. The van der Waals surface area contributed by atoms with Gasteiger partial charge >= 0.3 is 0 Å². The summed E-state index contributed by atoms with van der Waals surface area (Å²) in [7, 11) is 0. The van der Waals surface area contributed by atoms with Crippen molar-refractivity contribution in [1.82, 2.24) is 18.7 Å². The predicted octanol–water partition coefficient (Wildman–Crippen LogP) is 17.4. The van der Waals surface area contributed by atoms with Crippen LogP contribution in [-0.2, 0) is 0 Å². The Bertz CT molecular complexity index is 4630. The third-order valence-corrected chi connectivity index (χ3v) is 14.3. The molecular weight excluding hydrogens is 869 g/mol. The number of para-hydroxylation sites is 4. The molecule has 332 valence electrons. The van der Waals surface area contributed by atoms with Gasteiger partial charge in [0.15, 0.2) is 5.58 Å². The van der Waals surface area contributed by atoms with Crippen molar-refractivity contribution in [3.05, 3.63) is 243 Å². The molecule has 0 fully saturated rings. The molecule has 15 aromatic rings. The summed E-state index contributed by atoms with van der Waals surface area (Å²) in [5.41, 5.74) is 17.1. The van der Waals surface area contributed by atoms with Gasteiger partial charge in [-0.05, 0) is 138 Å². The molecule has 5 aromatic heterocycles. The summed E-state index contributed by atoms with van der Waals surface area (Å²) in [5.74, 6) is 1.60. The molecule has 0 unspecified atom stereocenters. The monoisotopic (exact) mass is 908 g/mol. The molecule has 0 saturated carbocycles. The maximum atomic E-state index is 7.24. The summed E-state index contributed by atoms with van der Waals surface area (Å²) in [6.45, 7) is 0. The molecule has 0 N–H and O–H groups in total. The predicted molar refractivity (Wildman–Crippen MR) is 292 cm³/mol. The highest BCUT2D eigenvalue weighted by Gasteiger charge is 2.21. The lowest BCUT2D eigenvalue weighted by Crippen LogP contribution is -1.95. The number of benzene rings is 10. The number of hydrogen-bond acceptors (Lipinski definition) is 3. The second-order valence-corrected chi connectivity index (χ2v) is 18.3. The quantitative estimate of drug-likeness (QED) is 0.160. The molecule has 0 amide bonds. The minimum absolute atomic E-state index is 0.790. The molecule has 10 aromatic carbocycles. The fraction of sp³-hybridized carbons (Fsp3) is 0. The number of nitrogens with zero attached hydrogens (tertiary/aromatic N) is 4. The second kappa shape index (κ2) is 15.4. The first-order valence-corrected chi connectivity index (χ1v) is 24.0. The zero-order valence-corrected chi connectivity index (χ0v) is 38.2. The van der Waals surface area contributed by atoms with Crippen LogP contribution in [0.4, 0.5) is 0 Å². The van der Waals surface area contributed by atoms with E-state index in [1.807, 2.05) is 24.4 Å². The normalized spacial score (nSPS) is 11.9. The number of pyridine rings is 1. The van der Waals surface area contributed by atoms with Crippen LogP contribution in [0.15, 0.2) is 247 Å². The van der Waals surface area contributed by atoms with Crippen LogP contribution in [0.5, 0.6) is 11.5 Å². The molecule has 0 aliphatic carbocycles. The van der Waals surface area contributed by atoms with E-state index in [1.165, 1.54) is 27.4 Å².